The second-order valence-corrected chi connectivity index (χ2v) is 6.69. The van der Waals surface area contributed by atoms with E-state index in [1.54, 1.807) is 4.90 Å². The van der Waals surface area contributed by atoms with Gasteiger partial charge in [-0.2, -0.15) is 4.99 Å². The van der Waals surface area contributed by atoms with Crippen LogP contribution >= 0.6 is 0 Å². The highest BCUT2D eigenvalue weighted by molar-refractivity contribution is 6.09. The Morgan fingerprint density at radius 1 is 1.08 bits per heavy atom. The van der Waals surface area contributed by atoms with E-state index in [0.717, 1.165) is 37.1 Å². The van der Waals surface area contributed by atoms with E-state index in [4.69, 9.17) is 16.5 Å². The van der Waals surface area contributed by atoms with E-state index in [1.165, 1.54) is 6.42 Å². The van der Waals surface area contributed by atoms with Gasteiger partial charge in [0.1, 0.15) is 5.66 Å². The predicted molar refractivity (Wildman–Crippen MR) is 98.7 cm³/mol. The number of carbonyl (C=O) groups is 1. The first-order chi connectivity index (χ1) is 12.1. The summed E-state index contributed by atoms with van der Waals surface area (Å²) in [6, 6.07) is 7.67. The molecule has 0 bridgehead atoms. The van der Waals surface area contributed by atoms with Crippen molar-refractivity contribution in [3.05, 3.63) is 24.3 Å². The van der Waals surface area contributed by atoms with E-state index < -0.39 is 5.66 Å². The molecule has 1 saturated heterocycles. The molecule has 8 nitrogen and oxygen atoms in total. The van der Waals surface area contributed by atoms with Crippen molar-refractivity contribution in [2.24, 2.45) is 21.5 Å². The molecular formula is C17H23N7O. The van der Waals surface area contributed by atoms with Crippen molar-refractivity contribution in [3.8, 4) is 0 Å². The minimum Gasteiger partial charge on any atom is -0.369 e. The number of nitrogens with one attached hydrogen (secondary N) is 1. The summed E-state index contributed by atoms with van der Waals surface area (Å²) >= 11 is 0. The summed E-state index contributed by atoms with van der Waals surface area (Å²) in [7, 11) is 0. The van der Waals surface area contributed by atoms with Crippen LogP contribution in [-0.2, 0) is 0 Å². The van der Waals surface area contributed by atoms with Crippen molar-refractivity contribution < 1.29 is 4.79 Å². The van der Waals surface area contributed by atoms with Crippen LogP contribution in [-0.4, -0.2) is 36.7 Å². The van der Waals surface area contributed by atoms with Gasteiger partial charge < -0.3 is 16.8 Å². The maximum Gasteiger partial charge on any atom is 0.322 e. The van der Waals surface area contributed by atoms with Crippen LogP contribution in [0.5, 0.6) is 0 Å². The second kappa shape index (κ2) is 5.94. The molecule has 2 fully saturated rings. The number of rotatable bonds is 2. The van der Waals surface area contributed by atoms with Crippen LogP contribution in [0.2, 0.25) is 0 Å². The van der Waals surface area contributed by atoms with E-state index in [1.807, 2.05) is 29.2 Å². The van der Waals surface area contributed by atoms with Crippen LogP contribution in [0.15, 0.2) is 34.3 Å². The number of anilines is 2. The van der Waals surface area contributed by atoms with Gasteiger partial charge in [-0.1, -0.05) is 18.6 Å². The van der Waals surface area contributed by atoms with Crippen LogP contribution in [0.1, 0.15) is 32.1 Å². The van der Waals surface area contributed by atoms with Gasteiger partial charge in [0, 0.05) is 13.1 Å². The van der Waals surface area contributed by atoms with Gasteiger partial charge in [0.15, 0.2) is 0 Å². The standard InChI is InChI=1S/C17H23N7O/c18-14-21-15(19)24(17(22-14)8-4-1-5-9-17)13-7-3-2-6-12(13)23-11-10-20-16(23)25/h2-3,6-7H,1,4-5,8-11H2,(H,20,25)(H4,18,19,21,22). The predicted octanol–water partition coefficient (Wildman–Crippen LogP) is 1.33. The largest absolute Gasteiger partial charge is 0.369 e. The van der Waals surface area contributed by atoms with E-state index in [2.05, 4.69) is 10.3 Å². The molecule has 0 radical (unpaired) electrons. The first-order valence-corrected chi connectivity index (χ1v) is 8.75. The second-order valence-electron chi connectivity index (χ2n) is 6.69. The molecule has 0 aromatic heterocycles. The van der Waals surface area contributed by atoms with Gasteiger partial charge in [0.2, 0.25) is 11.9 Å². The van der Waals surface area contributed by atoms with Crippen LogP contribution in [0.25, 0.3) is 0 Å². The minimum atomic E-state index is -0.513. The molecule has 2 amide bonds. The van der Waals surface area contributed by atoms with Gasteiger partial charge in [0.05, 0.1) is 11.4 Å². The number of nitrogens with two attached hydrogens (primary N) is 2. The van der Waals surface area contributed by atoms with Gasteiger partial charge in [-0.25, -0.2) is 9.79 Å². The third-order valence-corrected chi connectivity index (χ3v) is 5.12. The van der Waals surface area contributed by atoms with Crippen molar-refractivity contribution in [1.29, 1.82) is 0 Å². The van der Waals surface area contributed by atoms with Crippen LogP contribution in [0.4, 0.5) is 16.2 Å². The Balaban J connectivity index is 1.82. The number of aliphatic imine (C=N–C) groups is 2. The summed E-state index contributed by atoms with van der Waals surface area (Å²) < 4.78 is 0. The fourth-order valence-electron chi connectivity index (χ4n) is 4.05. The molecule has 1 aromatic rings. The lowest BCUT2D eigenvalue weighted by Gasteiger charge is -2.46. The minimum absolute atomic E-state index is 0.0966. The third kappa shape index (κ3) is 2.57. The van der Waals surface area contributed by atoms with Crippen molar-refractivity contribution >= 4 is 29.3 Å². The topological polar surface area (TPSA) is 112 Å². The lowest BCUT2D eigenvalue weighted by Crippen LogP contribution is -2.58. The summed E-state index contributed by atoms with van der Waals surface area (Å²) in [5.41, 5.74) is 13.4. The summed E-state index contributed by atoms with van der Waals surface area (Å²) in [4.78, 5) is 24.8. The average Bonchev–Trinajstić information content (AvgIpc) is 3.01. The molecule has 132 valence electrons. The highest BCUT2D eigenvalue weighted by Crippen LogP contribution is 2.42. The Hall–Kier alpha value is -2.77. The molecule has 2 aliphatic heterocycles. The van der Waals surface area contributed by atoms with Crippen LogP contribution < -0.4 is 26.6 Å². The monoisotopic (exact) mass is 341 g/mol. The summed E-state index contributed by atoms with van der Waals surface area (Å²) in [6.07, 6.45) is 5.03. The van der Waals surface area contributed by atoms with Crippen molar-refractivity contribution in [2.75, 3.05) is 22.9 Å². The number of hydrogen-bond donors (Lipinski definition) is 3. The maximum absolute atomic E-state index is 12.2. The highest BCUT2D eigenvalue weighted by Gasteiger charge is 2.44. The van der Waals surface area contributed by atoms with Crippen molar-refractivity contribution in [2.45, 2.75) is 37.8 Å². The molecule has 2 heterocycles. The molecule has 4 rings (SSSR count). The SMILES string of the molecule is NC1=NC2(CCCCC2)N(c2ccccc2N2CCNC2=O)C(N)=N1. The molecule has 0 atom stereocenters. The molecular weight excluding hydrogens is 318 g/mol. The lowest BCUT2D eigenvalue weighted by molar-refractivity contribution is 0.252. The molecule has 5 N–H and O–H groups in total. The Labute approximate surface area is 146 Å². The van der Waals surface area contributed by atoms with Crippen molar-refractivity contribution in [1.82, 2.24) is 5.32 Å². The van der Waals surface area contributed by atoms with E-state index in [9.17, 15) is 4.79 Å². The zero-order valence-electron chi connectivity index (χ0n) is 14.1. The number of guanidine groups is 2. The average molecular weight is 341 g/mol. The van der Waals surface area contributed by atoms with E-state index in [0.29, 0.717) is 19.0 Å². The number of para-hydroxylation sites is 2. The van der Waals surface area contributed by atoms with E-state index >= 15 is 0 Å². The third-order valence-electron chi connectivity index (χ3n) is 5.12. The maximum atomic E-state index is 12.2. The van der Waals surface area contributed by atoms with Gasteiger partial charge in [-0.15, -0.1) is 0 Å². The molecule has 1 spiro atoms. The molecule has 3 aliphatic rings. The molecule has 0 unspecified atom stereocenters. The number of urea groups is 1. The Bertz CT molecular complexity index is 751. The number of hydrogen-bond acceptors (Lipinski definition) is 6. The molecule has 25 heavy (non-hydrogen) atoms. The summed E-state index contributed by atoms with van der Waals surface area (Å²) in [5.74, 6) is 0.563. The Kier molecular flexibility index (Phi) is 3.74. The van der Waals surface area contributed by atoms with Gasteiger partial charge in [-0.05, 0) is 37.8 Å². The zero-order chi connectivity index (χ0) is 17.4. The number of benzene rings is 1. The van der Waals surface area contributed by atoms with Crippen LogP contribution in [0.3, 0.4) is 0 Å². The fraction of sp³-hybridized carbons (Fsp3) is 0.471. The summed E-state index contributed by atoms with van der Waals surface area (Å²) in [5, 5.41) is 2.85. The van der Waals surface area contributed by atoms with E-state index in [-0.39, 0.29) is 12.0 Å². The molecule has 1 aromatic carbocycles. The van der Waals surface area contributed by atoms with Gasteiger partial charge in [-0.3, -0.25) is 9.80 Å². The van der Waals surface area contributed by atoms with Crippen molar-refractivity contribution in [3.63, 3.8) is 0 Å². The molecule has 8 heteroatoms. The fourth-order valence-corrected chi connectivity index (χ4v) is 4.05. The first-order valence-electron chi connectivity index (χ1n) is 8.75. The number of nitrogens with zero attached hydrogens (tertiary/aromatic N) is 4. The zero-order valence-corrected chi connectivity index (χ0v) is 14.1. The smallest absolute Gasteiger partial charge is 0.322 e. The molecule has 1 saturated carbocycles. The Morgan fingerprint density at radius 2 is 1.80 bits per heavy atom. The summed E-state index contributed by atoms with van der Waals surface area (Å²) in [6.45, 7) is 1.26. The van der Waals surface area contributed by atoms with Gasteiger partial charge >= 0.3 is 6.03 Å². The number of amides is 2. The number of carbonyl (C=O) groups excluding carboxylic acids is 1. The first kappa shape index (κ1) is 15.7. The van der Waals surface area contributed by atoms with Gasteiger partial charge in [0.25, 0.3) is 0 Å². The normalized spacial score (nSPS) is 22.6. The van der Waals surface area contributed by atoms with Crippen LogP contribution in [0, 0.1) is 0 Å². The molecule has 1 aliphatic carbocycles. The highest BCUT2D eigenvalue weighted by atomic mass is 16.2. The quantitative estimate of drug-likeness (QED) is 0.753. The Morgan fingerprint density at radius 3 is 2.48 bits per heavy atom. The lowest BCUT2D eigenvalue weighted by atomic mass is 9.87.